The molecule has 6 nitrogen and oxygen atoms in total. The van der Waals surface area contributed by atoms with Gasteiger partial charge in [0, 0.05) is 30.2 Å². The number of hydrogen-bond acceptors (Lipinski definition) is 6. The summed E-state index contributed by atoms with van der Waals surface area (Å²) in [7, 11) is 4.23. The molecular weight excluding hydrogens is 417 g/mol. The number of nitrogens with zero attached hydrogens (tertiary/aromatic N) is 5. The van der Waals surface area contributed by atoms with Gasteiger partial charge >= 0.3 is 6.18 Å². The zero-order valence-electron chi connectivity index (χ0n) is 18.4. The highest BCUT2D eigenvalue weighted by molar-refractivity contribution is 5.91. The Hall–Kier alpha value is -2.94. The largest absolute Gasteiger partial charge is 0.416 e. The lowest BCUT2D eigenvalue weighted by Crippen LogP contribution is -2.41. The van der Waals surface area contributed by atoms with Crippen LogP contribution in [0.25, 0.3) is 10.9 Å². The smallest absolute Gasteiger partial charge is 0.371 e. The molecule has 1 saturated heterocycles. The van der Waals surface area contributed by atoms with Gasteiger partial charge in [0.1, 0.15) is 0 Å². The summed E-state index contributed by atoms with van der Waals surface area (Å²) in [6.07, 6.45) is -2.20. The highest BCUT2D eigenvalue weighted by Crippen LogP contribution is 2.32. The molecule has 0 bridgehead atoms. The second-order valence-electron chi connectivity index (χ2n) is 8.51. The summed E-state index contributed by atoms with van der Waals surface area (Å²) >= 11 is 0. The lowest BCUT2D eigenvalue weighted by atomic mass is 10.0. The van der Waals surface area contributed by atoms with Gasteiger partial charge in [0.25, 0.3) is 0 Å². The number of piperidine rings is 1. The topological polar surface area (TPSA) is 57.2 Å². The van der Waals surface area contributed by atoms with Crippen LogP contribution in [0.2, 0.25) is 0 Å². The molecule has 4 rings (SSSR count). The average Bonchev–Trinajstić information content (AvgIpc) is 2.78. The van der Waals surface area contributed by atoms with E-state index in [0.717, 1.165) is 49.1 Å². The van der Waals surface area contributed by atoms with Crippen LogP contribution in [0.4, 0.5) is 24.7 Å². The summed E-state index contributed by atoms with van der Waals surface area (Å²) in [5.41, 5.74) is 1.62. The summed E-state index contributed by atoms with van der Waals surface area (Å²) in [6.45, 7) is 3.73. The Labute approximate surface area is 185 Å². The monoisotopic (exact) mass is 444 g/mol. The van der Waals surface area contributed by atoms with E-state index in [9.17, 15) is 13.2 Å². The first-order valence-corrected chi connectivity index (χ1v) is 10.7. The zero-order chi connectivity index (χ0) is 22.9. The van der Waals surface area contributed by atoms with Crippen molar-refractivity contribution in [2.24, 2.45) is 0 Å². The molecule has 1 aliphatic heterocycles. The van der Waals surface area contributed by atoms with Gasteiger partial charge in [-0.15, -0.1) is 10.2 Å². The molecule has 2 heterocycles. The van der Waals surface area contributed by atoms with Crippen molar-refractivity contribution in [3.8, 4) is 0 Å². The van der Waals surface area contributed by atoms with Crippen LogP contribution < -0.4 is 10.2 Å². The number of rotatable bonds is 5. The van der Waals surface area contributed by atoms with Crippen LogP contribution in [0.3, 0.4) is 0 Å². The van der Waals surface area contributed by atoms with Crippen LogP contribution in [-0.2, 0) is 6.18 Å². The van der Waals surface area contributed by atoms with Gasteiger partial charge in [0.05, 0.1) is 17.1 Å². The number of nitrogens with one attached hydrogen (secondary N) is 1. The number of aromatic nitrogens is 3. The van der Waals surface area contributed by atoms with Crippen molar-refractivity contribution in [1.82, 2.24) is 20.3 Å². The maximum absolute atomic E-state index is 13.1. The number of halogens is 3. The van der Waals surface area contributed by atoms with Crippen LogP contribution in [0.5, 0.6) is 0 Å². The van der Waals surface area contributed by atoms with E-state index in [1.807, 2.05) is 18.2 Å². The van der Waals surface area contributed by atoms with Crippen LogP contribution in [0.15, 0.2) is 42.5 Å². The molecule has 1 atom stereocenters. The summed E-state index contributed by atoms with van der Waals surface area (Å²) in [6, 6.07) is 11.5. The molecule has 0 aliphatic carbocycles. The van der Waals surface area contributed by atoms with Gasteiger partial charge in [0.2, 0.25) is 0 Å². The van der Waals surface area contributed by atoms with Crippen molar-refractivity contribution in [3.05, 3.63) is 53.6 Å². The number of anilines is 2. The maximum Gasteiger partial charge on any atom is 0.416 e. The SMILES string of the molecule is C[C@@H](Nc1nnnc2ccc(N3CCC(N(C)C)CC3)cc12)c1cccc(C(F)(F)F)c1. The Bertz CT molecular complexity index is 1080. The highest BCUT2D eigenvalue weighted by Gasteiger charge is 2.30. The van der Waals surface area contributed by atoms with Gasteiger partial charge in [-0.3, -0.25) is 0 Å². The van der Waals surface area contributed by atoms with Crippen LogP contribution in [0, 0.1) is 0 Å². The Kier molecular flexibility index (Phi) is 6.19. The van der Waals surface area contributed by atoms with Gasteiger partial charge in [-0.1, -0.05) is 12.1 Å². The third kappa shape index (κ3) is 4.77. The van der Waals surface area contributed by atoms with E-state index >= 15 is 0 Å². The van der Waals surface area contributed by atoms with E-state index in [-0.39, 0.29) is 0 Å². The van der Waals surface area contributed by atoms with Crippen molar-refractivity contribution >= 4 is 22.4 Å². The van der Waals surface area contributed by atoms with E-state index in [1.165, 1.54) is 6.07 Å². The van der Waals surface area contributed by atoms with Crippen LogP contribution >= 0.6 is 0 Å². The van der Waals surface area contributed by atoms with E-state index in [2.05, 4.69) is 44.6 Å². The van der Waals surface area contributed by atoms with Gasteiger partial charge in [-0.25, -0.2) is 0 Å². The Morgan fingerprint density at radius 2 is 1.81 bits per heavy atom. The number of benzene rings is 2. The van der Waals surface area contributed by atoms with E-state index < -0.39 is 17.8 Å². The van der Waals surface area contributed by atoms with Gasteiger partial charge in [-0.05, 0) is 75.0 Å². The molecule has 170 valence electrons. The third-order valence-corrected chi connectivity index (χ3v) is 6.16. The molecule has 1 aromatic heterocycles. The van der Waals surface area contributed by atoms with Crippen molar-refractivity contribution in [1.29, 1.82) is 0 Å². The number of hydrogen-bond donors (Lipinski definition) is 1. The summed E-state index contributed by atoms with van der Waals surface area (Å²) in [4.78, 5) is 4.62. The first-order valence-electron chi connectivity index (χ1n) is 10.7. The molecule has 3 aromatic rings. The number of fused-ring (bicyclic) bond motifs is 1. The van der Waals surface area contributed by atoms with E-state index in [1.54, 1.807) is 13.0 Å². The van der Waals surface area contributed by atoms with Crippen molar-refractivity contribution < 1.29 is 13.2 Å². The molecular formula is C23H27F3N6. The molecule has 0 spiro atoms. The van der Waals surface area contributed by atoms with E-state index in [0.29, 0.717) is 22.9 Å². The van der Waals surface area contributed by atoms with Crippen LogP contribution in [-0.4, -0.2) is 53.5 Å². The molecule has 1 fully saturated rings. The molecule has 2 aromatic carbocycles. The second kappa shape index (κ2) is 8.90. The minimum absolute atomic E-state index is 0.392. The minimum Gasteiger partial charge on any atom is -0.371 e. The van der Waals surface area contributed by atoms with Gasteiger partial charge < -0.3 is 15.1 Å². The molecule has 1 N–H and O–H groups in total. The molecule has 0 unspecified atom stereocenters. The second-order valence-corrected chi connectivity index (χ2v) is 8.51. The lowest BCUT2D eigenvalue weighted by Gasteiger charge is -2.36. The van der Waals surface area contributed by atoms with Crippen LogP contribution in [0.1, 0.15) is 36.9 Å². The fraction of sp³-hybridized carbons (Fsp3) is 0.435. The normalized spacial score (nSPS) is 16.5. The standard InChI is InChI=1S/C23H27F3N6/c1-15(16-5-4-6-17(13-16)23(24,25)26)27-22-20-14-19(7-8-21(20)28-30-29-22)32-11-9-18(10-12-32)31(2)3/h4-8,13-15,18H,9-12H2,1-3H3,(H,27,28,29)/t15-/m1/s1. The fourth-order valence-corrected chi connectivity index (χ4v) is 4.19. The summed E-state index contributed by atoms with van der Waals surface area (Å²) in [5.74, 6) is 0.505. The predicted molar refractivity (Wildman–Crippen MR) is 120 cm³/mol. The molecule has 0 saturated carbocycles. The van der Waals surface area contributed by atoms with Crippen molar-refractivity contribution in [2.75, 3.05) is 37.4 Å². The highest BCUT2D eigenvalue weighted by atomic mass is 19.4. The quantitative estimate of drug-likeness (QED) is 0.613. The average molecular weight is 445 g/mol. The Morgan fingerprint density at radius 1 is 1.06 bits per heavy atom. The zero-order valence-corrected chi connectivity index (χ0v) is 18.4. The molecule has 1 aliphatic rings. The van der Waals surface area contributed by atoms with Gasteiger partial charge in [-0.2, -0.15) is 13.2 Å². The van der Waals surface area contributed by atoms with Crippen molar-refractivity contribution in [2.45, 2.75) is 38.0 Å². The molecule has 0 amide bonds. The van der Waals surface area contributed by atoms with Crippen molar-refractivity contribution in [3.63, 3.8) is 0 Å². The fourth-order valence-electron chi connectivity index (χ4n) is 4.19. The summed E-state index contributed by atoms with van der Waals surface area (Å²) in [5, 5.41) is 16.1. The summed E-state index contributed by atoms with van der Waals surface area (Å²) < 4.78 is 39.3. The van der Waals surface area contributed by atoms with E-state index in [4.69, 9.17) is 0 Å². The molecule has 0 radical (unpaired) electrons. The molecule has 32 heavy (non-hydrogen) atoms. The minimum atomic E-state index is -4.38. The predicted octanol–water partition coefficient (Wildman–Crippen LogP) is 4.75. The molecule has 9 heteroatoms. The lowest BCUT2D eigenvalue weighted by molar-refractivity contribution is -0.137. The van der Waals surface area contributed by atoms with Gasteiger partial charge in [0.15, 0.2) is 5.82 Å². The maximum atomic E-state index is 13.1. The number of alkyl halides is 3. The third-order valence-electron chi connectivity index (χ3n) is 6.16. The first-order chi connectivity index (χ1) is 15.2. The first kappa shape index (κ1) is 22.3. The Morgan fingerprint density at radius 3 is 2.50 bits per heavy atom. The Balaban J connectivity index is 1.58.